The first-order chi connectivity index (χ1) is 9.70. The summed E-state index contributed by atoms with van der Waals surface area (Å²) in [5, 5.41) is 4.03. The Labute approximate surface area is 131 Å². The molecule has 20 heavy (non-hydrogen) atoms. The number of nitrogens with zero attached hydrogens (tertiary/aromatic N) is 1. The van der Waals surface area contributed by atoms with Crippen molar-refractivity contribution in [1.29, 1.82) is 0 Å². The number of pyridine rings is 1. The van der Waals surface area contributed by atoms with E-state index in [0.717, 1.165) is 22.6 Å². The Hall–Kier alpha value is -1.26. The molecule has 0 atom stereocenters. The van der Waals surface area contributed by atoms with Gasteiger partial charge in [0.05, 0.1) is 10.7 Å². The van der Waals surface area contributed by atoms with Gasteiger partial charge < -0.3 is 10.1 Å². The largest absolute Gasteiger partial charge is 0.439 e. The summed E-state index contributed by atoms with van der Waals surface area (Å²) in [7, 11) is 0. The van der Waals surface area contributed by atoms with E-state index in [1.165, 1.54) is 12.8 Å². The average molecular weight is 354 g/mol. The van der Waals surface area contributed by atoms with E-state index in [1.807, 2.05) is 18.2 Å². The van der Waals surface area contributed by atoms with E-state index in [4.69, 9.17) is 16.3 Å². The number of hydrogen-bond donors (Lipinski definition) is 1. The van der Waals surface area contributed by atoms with Gasteiger partial charge in [-0.1, -0.05) is 11.6 Å². The van der Waals surface area contributed by atoms with Gasteiger partial charge in [-0.2, -0.15) is 0 Å². The van der Waals surface area contributed by atoms with E-state index < -0.39 is 0 Å². The minimum atomic E-state index is 0.544. The molecule has 1 aromatic carbocycles. The molecule has 1 fully saturated rings. The van der Waals surface area contributed by atoms with Gasteiger partial charge in [0.1, 0.15) is 5.75 Å². The van der Waals surface area contributed by atoms with E-state index >= 15 is 0 Å². The molecule has 0 amide bonds. The third-order valence-corrected chi connectivity index (χ3v) is 3.92. The third-order valence-electron chi connectivity index (χ3n) is 3.14. The van der Waals surface area contributed by atoms with Crippen LogP contribution in [0.5, 0.6) is 11.6 Å². The van der Waals surface area contributed by atoms with Gasteiger partial charge in [0.2, 0.25) is 5.88 Å². The van der Waals surface area contributed by atoms with Crippen LogP contribution in [0.15, 0.2) is 41.0 Å². The normalized spacial score (nSPS) is 14.1. The maximum atomic E-state index is 6.25. The van der Waals surface area contributed by atoms with E-state index in [0.29, 0.717) is 16.7 Å². The number of hydrogen-bond acceptors (Lipinski definition) is 3. The van der Waals surface area contributed by atoms with Gasteiger partial charge in [0.15, 0.2) is 0 Å². The Morgan fingerprint density at radius 2 is 2.15 bits per heavy atom. The molecule has 1 aliphatic carbocycles. The predicted octanol–water partition coefficient (Wildman–Crippen LogP) is 5.11. The van der Waals surface area contributed by atoms with Gasteiger partial charge in [-0.05, 0) is 52.9 Å². The van der Waals surface area contributed by atoms with Crippen LogP contribution in [-0.4, -0.2) is 11.5 Å². The summed E-state index contributed by atoms with van der Waals surface area (Å²) in [6.07, 6.45) is 4.34. The van der Waals surface area contributed by atoms with Crippen LogP contribution in [0.4, 0.5) is 5.69 Å². The van der Waals surface area contributed by atoms with Crippen LogP contribution in [0.3, 0.4) is 0 Å². The second kappa shape index (κ2) is 6.02. The van der Waals surface area contributed by atoms with Crippen LogP contribution in [0, 0.1) is 5.92 Å². The maximum Gasteiger partial charge on any atom is 0.219 e. The molecule has 0 bridgehead atoms. The summed E-state index contributed by atoms with van der Waals surface area (Å²) in [5.74, 6) is 2.04. The Balaban J connectivity index is 1.67. The van der Waals surface area contributed by atoms with Gasteiger partial charge >= 0.3 is 0 Å². The van der Waals surface area contributed by atoms with Crippen LogP contribution in [0.2, 0.25) is 5.02 Å². The molecule has 3 rings (SSSR count). The molecule has 0 aliphatic heterocycles. The number of aromatic nitrogens is 1. The SMILES string of the molecule is Clc1cc(Oc2ccc(Br)cn2)ccc1NCC1CC1. The molecule has 5 heteroatoms. The molecule has 104 valence electrons. The summed E-state index contributed by atoms with van der Waals surface area (Å²) >= 11 is 9.59. The predicted molar refractivity (Wildman–Crippen MR) is 84.7 cm³/mol. The lowest BCUT2D eigenvalue weighted by atomic mass is 10.3. The first kappa shape index (κ1) is 13.7. The zero-order valence-corrected chi connectivity index (χ0v) is 13.1. The summed E-state index contributed by atoms with van der Waals surface area (Å²) in [4.78, 5) is 4.17. The smallest absolute Gasteiger partial charge is 0.219 e. The summed E-state index contributed by atoms with van der Waals surface area (Å²) in [5.41, 5.74) is 0.953. The first-order valence-electron chi connectivity index (χ1n) is 6.53. The molecule has 0 saturated heterocycles. The van der Waals surface area contributed by atoms with Crippen LogP contribution < -0.4 is 10.1 Å². The highest BCUT2D eigenvalue weighted by atomic mass is 79.9. The van der Waals surface area contributed by atoms with Crippen LogP contribution in [0.1, 0.15) is 12.8 Å². The molecular formula is C15H14BrClN2O. The van der Waals surface area contributed by atoms with E-state index in [9.17, 15) is 0 Å². The number of rotatable bonds is 5. The molecule has 1 N–H and O–H groups in total. The molecule has 0 unspecified atom stereocenters. The maximum absolute atomic E-state index is 6.25. The minimum absolute atomic E-state index is 0.544. The van der Waals surface area contributed by atoms with Crippen molar-refractivity contribution in [2.24, 2.45) is 5.92 Å². The zero-order chi connectivity index (χ0) is 13.9. The van der Waals surface area contributed by atoms with Crippen molar-refractivity contribution < 1.29 is 4.74 Å². The summed E-state index contributed by atoms with van der Waals surface area (Å²) in [6.45, 7) is 0.994. The van der Waals surface area contributed by atoms with Crippen molar-refractivity contribution >= 4 is 33.2 Å². The quantitative estimate of drug-likeness (QED) is 0.811. The van der Waals surface area contributed by atoms with Crippen molar-refractivity contribution in [1.82, 2.24) is 4.98 Å². The van der Waals surface area contributed by atoms with Crippen molar-refractivity contribution in [2.75, 3.05) is 11.9 Å². The fraction of sp³-hybridized carbons (Fsp3) is 0.267. The number of anilines is 1. The van der Waals surface area contributed by atoms with Gasteiger partial charge in [0, 0.05) is 29.3 Å². The number of benzene rings is 1. The van der Waals surface area contributed by atoms with E-state index in [1.54, 1.807) is 18.3 Å². The lowest BCUT2D eigenvalue weighted by Gasteiger charge is -2.10. The molecule has 1 heterocycles. The fourth-order valence-corrected chi connectivity index (χ4v) is 2.29. The topological polar surface area (TPSA) is 34.1 Å². The molecule has 1 saturated carbocycles. The molecule has 1 aliphatic rings. The Morgan fingerprint density at radius 1 is 1.30 bits per heavy atom. The highest BCUT2D eigenvalue weighted by molar-refractivity contribution is 9.10. The third kappa shape index (κ3) is 3.64. The van der Waals surface area contributed by atoms with Crippen molar-refractivity contribution in [2.45, 2.75) is 12.8 Å². The minimum Gasteiger partial charge on any atom is -0.439 e. The first-order valence-corrected chi connectivity index (χ1v) is 7.70. The Kier molecular flexibility index (Phi) is 4.13. The van der Waals surface area contributed by atoms with Crippen LogP contribution >= 0.6 is 27.5 Å². The Morgan fingerprint density at radius 3 is 2.80 bits per heavy atom. The highest BCUT2D eigenvalue weighted by Gasteiger charge is 2.20. The summed E-state index contributed by atoms with van der Waals surface area (Å²) in [6, 6.07) is 9.33. The molecule has 1 aromatic heterocycles. The number of ether oxygens (including phenoxy) is 1. The molecular weight excluding hydrogens is 340 g/mol. The second-order valence-corrected chi connectivity index (χ2v) is 6.21. The van der Waals surface area contributed by atoms with Crippen LogP contribution in [-0.2, 0) is 0 Å². The molecule has 0 spiro atoms. The van der Waals surface area contributed by atoms with E-state index in [2.05, 4.69) is 26.2 Å². The fourth-order valence-electron chi connectivity index (χ4n) is 1.82. The van der Waals surface area contributed by atoms with Gasteiger partial charge in [-0.15, -0.1) is 0 Å². The molecule has 3 nitrogen and oxygen atoms in total. The highest BCUT2D eigenvalue weighted by Crippen LogP contribution is 2.32. The van der Waals surface area contributed by atoms with Crippen LogP contribution in [0.25, 0.3) is 0 Å². The number of halogens is 2. The summed E-state index contributed by atoms with van der Waals surface area (Å²) < 4.78 is 6.58. The van der Waals surface area contributed by atoms with Crippen molar-refractivity contribution in [3.8, 4) is 11.6 Å². The Bertz CT molecular complexity index is 599. The molecule has 2 aromatic rings. The number of nitrogens with one attached hydrogen (secondary N) is 1. The van der Waals surface area contributed by atoms with E-state index in [-0.39, 0.29) is 0 Å². The van der Waals surface area contributed by atoms with Crippen molar-refractivity contribution in [3.05, 3.63) is 46.0 Å². The van der Waals surface area contributed by atoms with Gasteiger partial charge in [-0.3, -0.25) is 0 Å². The lowest BCUT2D eigenvalue weighted by Crippen LogP contribution is -2.03. The molecule has 0 radical (unpaired) electrons. The van der Waals surface area contributed by atoms with Gasteiger partial charge in [-0.25, -0.2) is 4.98 Å². The van der Waals surface area contributed by atoms with Crippen molar-refractivity contribution in [3.63, 3.8) is 0 Å². The zero-order valence-electron chi connectivity index (χ0n) is 10.8. The lowest BCUT2D eigenvalue weighted by molar-refractivity contribution is 0.463. The standard InChI is InChI=1S/C15H14BrClN2O/c16-11-3-6-15(19-9-11)20-12-4-5-14(13(17)7-12)18-8-10-1-2-10/h3-7,9-10,18H,1-2,8H2. The van der Waals surface area contributed by atoms with Gasteiger partial charge in [0.25, 0.3) is 0 Å². The second-order valence-electron chi connectivity index (χ2n) is 4.88. The monoisotopic (exact) mass is 352 g/mol. The average Bonchev–Trinajstić information content (AvgIpc) is 3.25.